The van der Waals surface area contributed by atoms with Crippen molar-refractivity contribution in [2.24, 2.45) is 0 Å². The van der Waals surface area contributed by atoms with Crippen molar-refractivity contribution in [3.05, 3.63) is 69.3 Å². The van der Waals surface area contributed by atoms with E-state index in [0.717, 1.165) is 5.56 Å². The molecule has 0 radical (unpaired) electrons. The van der Waals surface area contributed by atoms with Gasteiger partial charge in [0, 0.05) is 17.2 Å². The Morgan fingerprint density at radius 1 is 1.30 bits per heavy atom. The number of amides is 1. The lowest BCUT2D eigenvalue weighted by Crippen LogP contribution is -2.33. The van der Waals surface area contributed by atoms with Crippen LogP contribution in [0.5, 0.6) is 5.75 Å². The zero-order valence-corrected chi connectivity index (χ0v) is 15.1. The summed E-state index contributed by atoms with van der Waals surface area (Å²) in [5.41, 5.74) is 3.10. The smallest absolute Gasteiger partial charge is 0.311 e. The molecule has 1 N–H and O–H groups in total. The summed E-state index contributed by atoms with van der Waals surface area (Å²) in [5.74, 6) is -0.391. The Bertz CT molecular complexity index is 855. The van der Waals surface area contributed by atoms with Crippen LogP contribution in [0.25, 0.3) is 0 Å². The fourth-order valence-corrected chi connectivity index (χ4v) is 3.18. The van der Waals surface area contributed by atoms with Gasteiger partial charge in [0.2, 0.25) is 5.75 Å². The number of fused-ring (bicyclic) bond motifs is 1. The number of rotatable bonds is 7. The summed E-state index contributed by atoms with van der Waals surface area (Å²) in [5, 5.41) is 11.3. The first-order valence-corrected chi connectivity index (χ1v) is 8.36. The molecule has 0 saturated heterocycles. The molecule has 0 fully saturated rings. The average molecular weight is 372 g/mol. The lowest BCUT2D eigenvalue weighted by atomic mass is 9.82. The van der Waals surface area contributed by atoms with Gasteiger partial charge >= 0.3 is 5.69 Å². The van der Waals surface area contributed by atoms with Crippen LogP contribution in [0.15, 0.2) is 42.5 Å². The number of nitro groups is 1. The molecule has 1 atom stereocenters. The first-order valence-electron chi connectivity index (χ1n) is 8.36. The molecule has 1 aliphatic heterocycles. The van der Waals surface area contributed by atoms with Crippen LogP contribution in [-0.2, 0) is 21.6 Å². The quantitative estimate of drug-likeness (QED) is 0.593. The molecule has 0 aliphatic carbocycles. The molecule has 8 heteroatoms. The second-order valence-corrected chi connectivity index (χ2v) is 6.56. The van der Waals surface area contributed by atoms with Crippen LogP contribution in [0.2, 0.25) is 0 Å². The number of ether oxygens (including phenoxy) is 2. The molecule has 1 amide bonds. The second kappa shape index (κ2) is 7.73. The normalized spacial score (nSPS) is 17.9. The van der Waals surface area contributed by atoms with Crippen molar-refractivity contribution in [3.63, 3.8) is 0 Å². The Morgan fingerprint density at radius 3 is 2.70 bits per heavy atom. The van der Waals surface area contributed by atoms with Gasteiger partial charge in [-0.3, -0.25) is 19.7 Å². The second-order valence-electron chi connectivity index (χ2n) is 6.56. The van der Waals surface area contributed by atoms with Gasteiger partial charge in [-0.1, -0.05) is 30.3 Å². The van der Waals surface area contributed by atoms with Gasteiger partial charge in [0.05, 0.1) is 30.7 Å². The summed E-state index contributed by atoms with van der Waals surface area (Å²) in [6.45, 7) is 2.66. The number of hydroxylamine groups is 1. The molecular weight excluding hydrogens is 352 g/mol. The van der Waals surface area contributed by atoms with E-state index in [2.05, 4.69) is 5.48 Å². The Balaban J connectivity index is 1.90. The van der Waals surface area contributed by atoms with Gasteiger partial charge in [-0.15, -0.1) is 0 Å². The van der Waals surface area contributed by atoms with Crippen LogP contribution in [0.3, 0.4) is 0 Å². The van der Waals surface area contributed by atoms with E-state index in [9.17, 15) is 14.9 Å². The highest BCUT2D eigenvalue weighted by atomic mass is 16.6. The molecule has 3 rings (SSSR count). The molecule has 0 aromatic heterocycles. The average Bonchev–Trinajstić information content (AvgIpc) is 3.00. The fourth-order valence-electron chi connectivity index (χ4n) is 3.18. The zero-order chi connectivity index (χ0) is 19.4. The summed E-state index contributed by atoms with van der Waals surface area (Å²) >= 11 is 0. The van der Waals surface area contributed by atoms with E-state index in [4.69, 9.17) is 14.3 Å². The maximum atomic E-state index is 12.4. The Labute approximate surface area is 156 Å². The molecule has 142 valence electrons. The Morgan fingerprint density at radius 2 is 2.04 bits per heavy atom. The van der Waals surface area contributed by atoms with E-state index in [1.165, 1.54) is 19.2 Å². The van der Waals surface area contributed by atoms with Crippen molar-refractivity contribution in [2.75, 3.05) is 20.3 Å². The van der Waals surface area contributed by atoms with Crippen molar-refractivity contribution >= 4 is 11.6 Å². The predicted octanol–water partition coefficient (Wildman–Crippen LogP) is 2.75. The first-order chi connectivity index (χ1) is 13.0. The maximum Gasteiger partial charge on any atom is 0.311 e. The van der Waals surface area contributed by atoms with Gasteiger partial charge in [0.25, 0.3) is 5.91 Å². The molecule has 2 aromatic rings. The van der Waals surface area contributed by atoms with Crippen LogP contribution in [0, 0.1) is 10.1 Å². The molecular formula is C19H20N2O6. The van der Waals surface area contributed by atoms with Gasteiger partial charge in [0.15, 0.2) is 0 Å². The van der Waals surface area contributed by atoms with E-state index in [-0.39, 0.29) is 30.2 Å². The third kappa shape index (κ3) is 3.76. The van der Waals surface area contributed by atoms with E-state index in [1.54, 1.807) is 0 Å². The molecule has 8 nitrogen and oxygen atoms in total. The predicted molar refractivity (Wildman–Crippen MR) is 96.5 cm³/mol. The van der Waals surface area contributed by atoms with Gasteiger partial charge in [-0.05, 0) is 18.6 Å². The molecule has 2 aromatic carbocycles. The SMILES string of the molecule is CONC(=O)c1ccc([N+](=O)[O-])c2c1[C@](C)(COCc1ccccc1)CO2. The number of nitro benzene ring substituents is 1. The van der Waals surface area contributed by atoms with E-state index in [0.29, 0.717) is 12.2 Å². The van der Waals surface area contributed by atoms with Crippen molar-refractivity contribution in [3.8, 4) is 5.75 Å². The van der Waals surface area contributed by atoms with Crippen LogP contribution in [-0.4, -0.2) is 31.2 Å². The highest BCUT2D eigenvalue weighted by Crippen LogP contribution is 2.46. The topological polar surface area (TPSA) is 99.9 Å². The van der Waals surface area contributed by atoms with E-state index in [1.807, 2.05) is 37.3 Å². The van der Waals surface area contributed by atoms with Crippen LogP contribution in [0.4, 0.5) is 5.69 Å². The minimum absolute atomic E-state index is 0.106. The minimum atomic E-state index is -0.712. The van der Waals surface area contributed by atoms with Crippen LogP contribution in [0.1, 0.15) is 28.4 Å². The summed E-state index contributed by atoms with van der Waals surface area (Å²) in [6, 6.07) is 12.3. The molecule has 0 bridgehead atoms. The van der Waals surface area contributed by atoms with Crippen LogP contribution >= 0.6 is 0 Å². The largest absolute Gasteiger partial charge is 0.486 e. The van der Waals surface area contributed by atoms with Gasteiger partial charge in [-0.25, -0.2) is 5.48 Å². The van der Waals surface area contributed by atoms with Gasteiger partial charge < -0.3 is 9.47 Å². The number of nitrogens with zero attached hydrogens (tertiary/aromatic N) is 1. The van der Waals surface area contributed by atoms with Crippen LogP contribution < -0.4 is 10.2 Å². The maximum absolute atomic E-state index is 12.4. The van der Waals surface area contributed by atoms with Gasteiger partial charge in [-0.2, -0.15) is 0 Å². The third-order valence-electron chi connectivity index (χ3n) is 4.44. The third-order valence-corrected chi connectivity index (χ3v) is 4.44. The monoisotopic (exact) mass is 372 g/mol. The summed E-state index contributed by atoms with van der Waals surface area (Å²) in [6.07, 6.45) is 0. The standard InChI is InChI=1S/C19H20N2O6/c1-19(11-26-10-13-6-4-3-5-7-13)12-27-17-15(21(23)24)9-8-14(16(17)19)18(22)20-25-2/h3-9H,10-12H2,1-2H3,(H,20,22)/t19-/m1/s1. The zero-order valence-electron chi connectivity index (χ0n) is 15.1. The summed E-state index contributed by atoms with van der Waals surface area (Å²) in [7, 11) is 1.32. The summed E-state index contributed by atoms with van der Waals surface area (Å²) in [4.78, 5) is 27.9. The first kappa shape index (κ1) is 18.8. The van der Waals surface area contributed by atoms with E-state index >= 15 is 0 Å². The number of hydrogen-bond donors (Lipinski definition) is 1. The number of benzene rings is 2. The van der Waals surface area contributed by atoms with Crippen molar-refractivity contribution in [1.29, 1.82) is 0 Å². The van der Waals surface area contributed by atoms with Crippen molar-refractivity contribution in [1.82, 2.24) is 5.48 Å². The lowest BCUT2D eigenvalue weighted by molar-refractivity contribution is -0.385. The summed E-state index contributed by atoms with van der Waals surface area (Å²) < 4.78 is 11.5. The number of hydrogen-bond acceptors (Lipinski definition) is 6. The minimum Gasteiger partial charge on any atom is -0.486 e. The number of carbonyl (C=O) groups excluding carboxylic acids is 1. The highest BCUT2D eigenvalue weighted by Gasteiger charge is 2.44. The van der Waals surface area contributed by atoms with E-state index < -0.39 is 16.2 Å². The molecule has 27 heavy (non-hydrogen) atoms. The molecule has 1 aliphatic rings. The lowest BCUT2D eigenvalue weighted by Gasteiger charge is -2.24. The fraction of sp³-hybridized carbons (Fsp3) is 0.316. The van der Waals surface area contributed by atoms with Crippen molar-refractivity contribution < 1.29 is 24.0 Å². The Kier molecular flexibility index (Phi) is 5.38. The number of carbonyl (C=O) groups is 1. The molecule has 0 spiro atoms. The highest BCUT2D eigenvalue weighted by molar-refractivity contribution is 5.97. The Hall–Kier alpha value is -2.97. The molecule has 0 unspecified atom stereocenters. The molecule has 1 heterocycles. The number of nitrogens with one attached hydrogen (secondary N) is 1. The molecule has 0 saturated carbocycles. The van der Waals surface area contributed by atoms with Gasteiger partial charge in [0.1, 0.15) is 6.61 Å². The van der Waals surface area contributed by atoms with Crippen molar-refractivity contribution in [2.45, 2.75) is 18.9 Å².